The number of phenols is 1. The van der Waals surface area contributed by atoms with Gasteiger partial charge in [0.2, 0.25) is 0 Å². The minimum absolute atomic E-state index is 0.114. The quantitative estimate of drug-likeness (QED) is 0.731. The fourth-order valence-electron chi connectivity index (χ4n) is 1.37. The van der Waals surface area contributed by atoms with E-state index in [1.165, 1.54) is 7.11 Å². The molecule has 0 atom stereocenters. The Morgan fingerprint density at radius 2 is 1.93 bits per heavy atom. The number of benzene rings is 1. The summed E-state index contributed by atoms with van der Waals surface area (Å²) in [6.07, 6.45) is 0. The van der Waals surface area contributed by atoms with E-state index in [2.05, 4.69) is 4.74 Å². The first kappa shape index (κ1) is 10.6. The predicted octanol–water partition coefficient (Wildman–Crippen LogP) is 1.84. The maximum atomic E-state index is 11.5. The van der Waals surface area contributed by atoms with Crippen molar-refractivity contribution in [3.05, 3.63) is 29.8 Å². The molecule has 1 aromatic carbocycles. The van der Waals surface area contributed by atoms with Gasteiger partial charge in [-0.3, -0.25) is 4.79 Å². The van der Waals surface area contributed by atoms with Crippen LogP contribution in [-0.4, -0.2) is 18.2 Å². The second-order valence-corrected chi connectivity index (χ2v) is 3.63. The first-order valence-corrected chi connectivity index (χ1v) is 4.37. The van der Waals surface area contributed by atoms with Crippen molar-refractivity contribution in [3.8, 4) is 5.75 Å². The van der Waals surface area contributed by atoms with Crippen LogP contribution in [-0.2, 0) is 14.9 Å². The third-order valence-corrected chi connectivity index (χ3v) is 2.27. The average Bonchev–Trinajstić information content (AvgIpc) is 2.17. The second kappa shape index (κ2) is 3.70. The van der Waals surface area contributed by atoms with Gasteiger partial charge in [-0.2, -0.15) is 0 Å². The molecule has 0 fully saturated rings. The Balaban J connectivity index is 3.16. The van der Waals surface area contributed by atoms with Crippen LogP contribution in [0.3, 0.4) is 0 Å². The molecule has 0 amide bonds. The number of hydrogen-bond donors (Lipinski definition) is 1. The third-order valence-electron chi connectivity index (χ3n) is 2.27. The zero-order chi connectivity index (χ0) is 10.8. The minimum atomic E-state index is -0.819. The highest BCUT2D eigenvalue weighted by Gasteiger charge is 2.32. The molecule has 0 aliphatic rings. The van der Waals surface area contributed by atoms with Gasteiger partial charge in [-0.25, -0.2) is 0 Å². The first-order chi connectivity index (χ1) is 6.50. The Labute approximate surface area is 83.3 Å². The highest BCUT2D eigenvalue weighted by atomic mass is 16.5. The van der Waals surface area contributed by atoms with E-state index < -0.39 is 5.41 Å². The zero-order valence-corrected chi connectivity index (χ0v) is 8.57. The van der Waals surface area contributed by atoms with Crippen LogP contribution in [0, 0.1) is 0 Å². The molecule has 0 aromatic heterocycles. The summed E-state index contributed by atoms with van der Waals surface area (Å²) in [5.74, 6) is -0.248. The molecule has 1 N–H and O–H groups in total. The van der Waals surface area contributed by atoms with Crippen molar-refractivity contribution in [1.29, 1.82) is 0 Å². The van der Waals surface area contributed by atoms with E-state index >= 15 is 0 Å². The first-order valence-electron chi connectivity index (χ1n) is 4.37. The predicted molar refractivity (Wildman–Crippen MR) is 53.1 cm³/mol. The summed E-state index contributed by atoms with van der Waals surface area (Å²) in [5, 5.41) is 9.58. The smallest absolute Gasteiger partial charge is 0.315 e. The molecule has 0 heterocycles. The molecule has 3 nitrogen and oxygen atoms in total. The lowest BCUT2D eigenvalue weighted by Gasteiger charge is -2.22. The molecule has 0 aliphatic carbocycles. The zero-order valence-electron chi connectivity index (χ0n) is 8.57. The van der Waals surface area contributed by atoms with Crippen molar-refractivity contribution in [2.24, 2.45) is 0 Å². The van der Waals surface area contributed by atoms with Gasteiger partial charge in [0.05, 0.1) is 12.5 Å². The Hall–Kier alpha value is -1.51. The normalized spacial score (nSPS) is 11.1. The van der Waals surface area contributed by atoms with E-state index in [0.717, 1.165) is 0 Å². The number of rotatable bonds is 2. The summed E-state index contributed by atoms with van der Waals surface area (Å²) < 4.78 is 4.67. The monoisotopic (exact) mass is 194 g/mol. The number of esters is 1. The fourth-order valence-corrected chi connectivity index (χ4v) is 1.37. The largest absolute Gasteiger partial charge is 0.508 e. The molecule has 3 heteroatoms. The minimum Gasteiger partial charge on any atom is -0.508 e. The molecular weight excluding hydrogens is 180 g/mol. The summed E-state index contributed by atoms with van der Waals surface area (Å²) in [6, 6.07) is 6.76. The number of hydrogen-bond acceptors (Lipinski definition) is 3. The molecule has 14 heavy (non-hydrogen) atoms. The van der Waals surface area contributed by atoms with Crippen LogP contribution in [0.15, 0.2) is 24.3 Å². The van der Waals surface area contributed by atoms with E-state index in [9.17, 15) is 9.90 Å². The van der Waals surface area contributed by atoms with Crippen LogP contribution in [0.2, 0.25) is 0 Å². The van der Waals surface area contributed by atoms with Crippen molar-refractivity contribution in [1.82, 2.24) is 0 Å². The van der Waals surface area contributed by atoms with Crippen LogP contribution in [0.4, 0.5) is 0 Å². The lowest BCUT2D eigenvalue weighted by Crippen LogP contribution is -2.30. The number of phenolic OH excluding ortho intramolecular Hbond substituents is 1. The van der Waals surface area contributed by atoms with Gasteiger partial charge in [0.25, 0.3) is 0 Å². The number of ether oxygens (including phenoxy) is 1. The molecule has 0 spiro atoms. The molecule has 0 radical (unpaired) electrons. The molecule has 76 valence electrons. The van der Waals surface area contributed by atoms with Crippen LogP contribution >= 0.6 is 0 Å². The molecule has 0 aliphatic heterocycles. The number of carbonyl (C=O) groups excluding carboxylic acids is 1. The van der Waals surface area contributed by atoms with Gasteiger partial charge >= 0.3 is 5.97 Å². The highest BCUT2D eigenvalue weighted by molar-refractivity contribution is 5.83. The number of carbonyl (C=O) groups is 1. The average molecular weight is 194 g/mol. The molecular formula is C11H14O3. The molecule has 0 unspecified atom stereocenters. The standard InChI is InChI=1S/C11H14O3/c1-11(2,10(13)14-3)8-6-4-5-7-9(8)12/h4-7,12H,1-3H3. The Kier molecular flexibility index (Phi) is 2.79. The molecule has 0 saturated heterocycles. The second-order valence-electron chi connectivity index (χ2n) is 3.63. The van der Waals surface area contributed by atoms with Crippen molar-refractivity contribution in [3.63, 3.8) is 0 Å². The third kappa shape index (κ3) is 1.71. The maximum absolute atomic E-state index is 11.5. The van der Waals surface area contributed by atoms with E-state index in [4.69, 9.17) is 0 Å². The molecule has 0 saturated carbocycles. The summed E-state index contributed by atoms with van der Waals surface area (Å²) in [4.78, 5) is 11.5. The van der Waals surface area contributed by atoms with Gasteiger partial charge < -0.3 is 9.84 Å². The van der Waals surface area contributed by atoms with Gasteiger partial charge in [-0.15, -0.1) is 0 Å². The van der Waals surface area contributed by atoms with E-state index in [1.54, 1.807) is 38.1 Å². The number of methoxy groups -OCH3 is 1. The Morgan fingerprint density at radius 3 is 2.43 bits per heavy atom. The Morgan fingerprint density at radius 1 is 1.36 bits per heavy atom. The van der Waals surface area contributed by atoms with Crippen LogP contribution in [0.25, 0.3) is 0 Å². The van der Waals surface area contributed by atoms with Crippen molar-refractivity contribution in [2.45, 2.75) is 19.3 Å². The van der Waals surface area contributed by atoms with E-state index in [1.807, 2.05) is 0 Å². The van der Waals surface area contributed by atoms with Gasteiger partial charge in [0, 0.05) is 5.56 Å². The lowest BCUT2D eigenvalue weighted by molar-refractivity contribution is -0.146. The number of para-hydroxylation sites is 1. The topological polar surface area (TPSA) is 46.5 Å². The van der Waals surface area contributed by atoms with Gasteiger partial charge in [0.1, 0.15) is 5.75 Å². The summed E-state index contributed by atoms with van der Waals surface area (Å²) in [6.45, 7) is 3.43. The van der Waals surface area contributed by atoms with E-state index in [-0.39, 0.29) is 11.7 Å². The number of aromatic hydroxyl groups is 1. The SMILES string of the molecule is COC(=O)C(C)(C)c1ccccc1O. The van der Waals surface area contributed by atoms with E-state index in [0.29, 0.717) is 5.56 Å². The van der Waals surface area contributed by atoms with Gasteiger partial charge in [-0.05, 0) is 19.9 Å². The lowest BCUT2D eigenvalue weighted by atomic mass is 9.84. The van der Waals surface area contributed by atoms with Gasteiger partial charge in [-0.1, -0.05) is 18.2 Å². The summed E-state index contributed by atoms with van der Waals surface area (Å²) in [5.41, 5.74) is -0.244. The van der Waals surface area contributed by atoms with Crippen LogP contribution in [0.5, 0.6) is 5.75 Å². The molecule has 1 aromatic rings. The van der Waals surface area contributed by atoms with Crippen LogP contribution in [0.1, 0.15) is 19.4 Å². The summed E-state index contributed by atoms with van der Waals surface area (Å²) in [7, 11) is 1.34. The highest BCUT2D eigenvalue weighted by Crippen LogP contribution is 2.31. The molecule has 1 rings (SSSR count). The Bertz CT molecular complexity index is 342. The van der Waals surface area contributed by atoms with Gasteiger partial charge in [0.15, 0.2) is 0 Å². The maximum Gasteiger partial charge on any atom is 0.315 e. The van der Waals surface area contributed by atoms with Crippen molar-refractivity contribution >= 4 is 5.97 Å². The van der Waals surface area contributed by atoms with Crippen LogP contribution < -0.4 is 0 Å². The van der Waals surface area contributed by atoms with Crippen molar-refractivity contribution < 1.29 is 14.6 Å². The fraction of sp³-hybridized carbons (Fsp3) is 0.364. The molecule has 0 bridgehead atoms. The van der Waals surface area contributed by atoms with Crippen molar-refractivity contribution in [2.75, 3.05) is 7.11 Å². The summed E-state index contributed by atoms with van der Waals surface area (Å²) >= 11 is 0.